The van der Waals surface area contributed by atoms with Crippen LogP contribution >= 0.6 is 46.4 Å². The molecule has 0 spiro atoms. The van der Waals surface area contributed by atoms with Crippen molar-refractivity contribution < 1.29 is 9.59 Å². The first kappa shape index (κ1) is 27.3. The van der Waals surface area contributed by atoms with Gasteiger partial charge in [0.15, 0.2) is 0 Å². The third kappa shape index (κ3) is 7.42. The Kier molecular flexibility index (Phi) is 9.65. The lowest BCUT2D eigenvalue weighted by Gasteiger charge is -2.17. The number of nitrogens with one attached hydrogen (secondary N) is 3. The van der Waals surface area contributed by atoms with Crippen LogP contribution in [0.1, 0.15) is 43.6 Å². The van der Waals surface area contributed by atoms with Crippen LogP contribution in [0.15, 0.2) is 36.4 Å². The molecular formula is C26H30Cl4N4O2. The van der Waals surface area contributed by atoms with Crippen LogP contribution in [0.3, 0.4) is 0 Å². The highest BCUT2D eigenvalue weighted by Gasteiger charge is 2.43. The van der Waals surface area contributed by atoms with Gasteiger partial charge in [0.1, 0.15) is 0 Å². The molecule has 194 valence electrons. The van der Waals surface area contributed by atoms with Crippen molar-refractivity contribution in [2.75, 3.05) is 31.5 Å². The van der Waals surface area contributed by atoms with Crippen LogP contribution < -0.4 is 16.0 Å². The quantitative estimate of drug-likeness (QED) is 0.282. The maximum atomic E-state index is 12.4. The fraction of sp³-hybridized carbons (Fsp3) is 0.462. The molecule has 3 amide bonds. The van der Waals surface area contributed by atoms with E-state index in [1.807, 2.05) is 12.1 Å². The van der Waals surface area contributed by atoms with Crippen molar-refractivity contribution in [1.82, 2.24) is 15.5 Å². The lowest BCUT2D eigenvalue weighted by Crippen LogP contribution is -2.39. The number of halogens is 4. The predicted octanol–water partition coefficient (Wildman–Crippen LogP) is 6.59. The first-order valence-electron chi connectivity index (χ1n) is 12.3. The second-order valence-electron chi connectivity index (χ2n) is 9.46. The molecule has 3 N–H and O–H groups in total. The number of anilines is 1. The Morgan fingerprint density at radius 3 is 2.61 bits per heavy atom. The average Bonchev–Trinajstić information content (AvgIpc) is 3.53. The average molecular weight is 572 g/mol. The van der Waals surface area contributed by atoms with Crippen molar-refractivity contribution in [2.45, 2.75) is 44.1 Å². The molecule has 0 aromatic heterocycles. The molecule has 3 atom stereocenters. The zero-order valence-electron chi connectivity index (χ0n) is 19.8. The number of hydrogen-bond donors (Lipinski definition) is 3. The minimum absolute atomic E-state index is 0.0309. The molecule has 2 aromatic rings. The normalized spacial score (nSPS) is 21.3. The number of carbonyl (C=O) groups excluding carboxylic acids is 2. The topological polar surface area (TPSA) is 73.5 Å². The van der Waals surface area contributed by atoms with Gasteiger partial charge in [-0.25, -0.2) is 4.79 Å². The number of unbranched alkanes of at least 4 members (excludes halogenated alkanes) is 2. The molecule has 2 aromatic carbocycles. The van der Waals surface area contributed by atoms with Crippen LogP contribution in [0.5, 0.6) is 0 Å². The van der Waals surface area contributed by atoms with E-state index < -0.39 is 0 Å². The van der Waals surface area contributed by atoms with Crippen LogP contribution in [0.4, 0.5) is 10.5 Å². The minimum atomic E-state index is -0.279. The summed E-state index contributed by atoms with van der Waals surface area (Å²) < 4.78 is 0. The van der Waals surface area contributed by atoms with Gasteiger partial charge < -0.3 is 20.9 Å². The van der Waals surface area contributed by atoms with Crippen molar-refractivity contribution >= 4 is 64.0 Å². The maximum absolute atomic E-state index is 12.4. The van der Waals surface area contributed by atoms with E-state index in [-0.39, 0.29) is 29.8 Å². The van der Waals surface area contributed by atoms with E-state index in [2.05, 4.69) is 20.9 Å². The molecule has 36 heavy (non-hydrogen) atoms. The van der Waals surface area contributed by atoms with E-state index in [4.69, 9.17) is 46.4 Å². The molecule has 1 heterocycles. The van der Waals surface area contributed by atoms with Gasteiger partial charge in [0.2, 0.25) is 5.91 Å². The van der Waals surface area contributed by atoms with Gasteiger partial charge in [0.25, 0.3) is 0 Å². The van der Waals surface area contributed by atoms with Crippen molar-refractivity contribution in [2.24, 2.45) is 5.92 Å². The van der Waals surface area contributed by atoms with E-state index in [0.717, 1.165) is 57.3 Å². The third-order valence-corrected chi connectivity index (χ3v) is 8.31. The highest BCUT2D eigenvalue weighted by atomic mass is 35.5. The Balaban J connectivity index is 1.06. The summed E-state index contributed by atoms with van der Waals surface area (Å²) in [6.45, 7) is 3.46. The van der Waals surface area contributed by atoms with E-state index in [0.29, 0.717) is 32.3 Å². The van der Waals surface area contributed by atoms with Gasteiger partial charge in [-0.3, -0.25) is 4.79 Å². The Bertz CT molecular complexity index is 1100. The second kappa shape index (κ2) is 12.7. The summed E-state index contributed by atoms with van der Waals surface area (Å²) in [6.07, 6.45) is 4.83. The van der Waals surface area contributed by atoms with Crippen LogP contribution in [-0.4, -0.2) is 49.1 Å². The summed E-state index contributed by atoms with van der Waals surface area (Å²) in [5.74, 6) is 0.390. The van der Waals surface area contributed by atoms with E-state index >= 15 is 0 Å². The molecule has 2 aliphatic rings. The standard InChI is InChI=1S/C26H30Cl4N4O2/c27-20-8-7-16(13-22(20)29)18-14-19(18)25(35)31-10-2-1-3-11-34-12-9-17(15-34)32-26(36)33-23-6-4-5-21(28)24(23)30/h4-8,13,17-19H,1-3,9-12,14-15H2,(H,31,35)(H2,32,33,36)/t17-,18-,19+/m0/s1. The molecular weight excluding hydrogens is 542 g/mol. The van der Waals surface area contributed by atoms with Gasteiger partial charge in [0.05, 0.1) is 25.8 Å². The summed E-state index contributed by atoms with van der Waals surface area (Å²) in [5, 5.41) is 10.7. The lowest BCUT2D eigenvalue weighted by molar-refractivity contribution is -0.122. The van der Waals surface area contributed by atoms with Crippen LogP contribution in [0, 0.1) is 5.92 Å². The van der Waals surface area contributed by atoms with Gasteiger partial charge in [0, 0.05) is 31.6 Å². The first-order valence-corrected chi connectivity index (χ1v) is 13.8. The molecule has 2 fully saturated rings. The van der Waals surface area contributed by atoms with Crippen molar-refractivity contribution in [1.29, 1.82) is 0 Å². The summed E-state index contributed by atoms with van der Waals surface area (Å²) >= 11 is 24.2. The Morgan fingerprint density at radius 1 is 0.972 bits per heavy atom. The molecule has 0 unspecified atom stereocenters. The fourth-order valence-electron chi connectivity index (χ4n) is 4.67. The molecule has 1 aliphatic heterocycles. The zero-order valence-corrected chi connectivity index (χ0v) is 22.9. The largest absolute Gasteiger partial charge is 0.356 e. The minimum Gasteiger partial charge on any atom is -0.356 e. The number of rotatable bonds is 10. The number of benzene rings is 2. The monoisotopic (exact) mass is 570 g/mol. The van der Waals surface area contributed by atoms with Crippen molar-refractivity contribution in [3.8, 4) is 0 Å². The van der Waals surface area contributed by atoms with Crippen LogP contribution in [-0.2, 0) is 4.79 Å². The Morgan fingerprint density at radius 2 is 1.81 bits per heavy atom. The SMILES string of the molecule is O=C(Nc1cccc(Cl)c1Cl)N[C@H]1CCN(CCCCCNC(=O)[C@@H]2C[C@H]2c2ccc(Cl)c(Cl)c2)C1. The highest BCUT2D eigenvalue weighted by molar-refractivity contribution is 6.44. The molecule has 4 rings (SSSR count). The maximum Gasteiger partial charge on any atom is 0.319 e. The van der Waals surface area contributed by atoms with Crippen molar-refractivity contribution in [3.05, 3.63) is 62.1 Å². The number of urea groups is 1. The number of likely N-dealkylation sites (tertiary alicyclic amines) is 1. The highest BCUT2D eigenvalue weighted by Crippen LogP contribution is 2.48. The Labute approximate surface area is 232 Å². The lowest BCUT2D eigenvalue weighted by atomic mass is 10.1. The van der Waals surface area contributed by atoms with Crippen molar-refractivity contribution in [3.63, 3.8) is 0 Å². The third-order valence-electron chi connectivity index (χ3n) is 6.76. The first-order chi connectivity index (χ1) is 17.3. The molecule has 1 aliphatic carbocycles. The molecule has 1 saturated heterocycles. The van der Waals surface area contributed by atoms with Gasteiger partial charge >= 0.3 is 6.03 Å². The number of hydrogen-bond acceptors (Lipinski definition) is 3. The Hall–Kier alpha value is -1.70. The molecule has 6 nitrogen and oxygen atoms in total. The number of amides is 3. The summed E-state index contributed by atoms with van der Waals surface area (Å²) in [5.41, 5.74) is 1.57. The molecule has 0 radical (unpaired) electrons. The van der Waals surface area contributed by atoms with Crippen LogP contribution in [0.25, 0.3) is 0 Å². The molecule has 10 heteroatoms. The molecule has 1 saturated carbocycles. The zero-order chi connectivity index (χ0) is 25.7. The second-order valence-corrected chi connectivity index (χ2v) is 11.1. The van der Waals surface area contributed by atoms with Crippen LogP contribution in [0.2, 0.25) is 20.1 Å². The van der Waals surface area contributed by atoms with E-state index in [9.17, 15) is 9.59 Å². The molecule has 0 bridgehead atoms. The fourth-order valence-corrected chi connectivity index (χ4v) is 5.33. The van der Waals surface area contributed by atoms with Gasteiger partial charge in [-0.1, -0.05) is 65.0 Å². The summed E-state index contributed by atoms with van der Waals surface area (Å²) in [4.78, 5) is 27.1. The number of carbonyl (C=O) groups is 2. The predicted molar refractivity (Wildman–Crippen MR) is 148 cm³/mol. The van der Waals surface area contributed by atoms with E-state index in [1.54, 1.807) is 24.3 Å². The van der Waals surface area contributed by atoms with Gasteiger partial charge in [-0.05, 0) is 68.0 Å². The van der Waals surface area contributed by atoms with Gasteiger partial charge in [-0.15, -0.1) is 0 Å². The van der Waals surface area contributed by atoms with Gasteiger partial charge in [-0.2, -0.15) is 0 Å². The summed E-state index contributed by atoms with van der Waals surface area (Å²) in [6, 6.07) is 10.6. The van der Waals surface area contributed by atoms with E-state index in [1.165, 1.54) is 0 Å². The summed E-state index contributed by atoms with van der Waals surface area (Å²) in [7, 11) is 0. The number of nitrogens with zero attached hydrogens (tertiary/aromatic N) is 1. The smallest absolute Gasteiger partial charge is 0.319 e.